The molecule has 0 bridgehead atoms. The average Bonchev–Trinajstić information content (AvgIpc) is 2.46. The van der Waals surface area contributed by atoms with Crippen molar-refractivity contribution in [2.24, 2.45) is 7.05 Å². The van der Waals surface area contributed by atoms with Crippen LogP contribution in [0.3, 0.4) is 0 Å². The van der Waals surface area contributed by atoms with E-state index in [-0.39, 0.29) is 13.0 Å². The van der Waals surface area contributed by atoms with Gasteiger partial charge in [-0.3, -0.25) is 4.68 Å². The van der Waals surface area contributed by atoms with Crippen molar-refractivity contribution in [2.75, 3.05) is 7.11 Å². The molecule has 1 heterocycles. The van der Waals surface area contributed by atoms with Crippen LogP contribution in [0.5, 0.6) is 0 Å². The summed E-state index contributed by atoms with van der Waals surface area (Å²) in [6, 6.07) is 0. The number of carbonyl (C=O) groups excluding carboxylic acids is 1. The quantitative estimate of drug-likeness (QED) is 0.693. The summed E-state index contributed by atoms with van der Waals surface area (Å²) in [5, 5.41) is 3.44. The minimum atomic E-state index is -2.77. The Morgan fingerprint density at radius 3 is 2.64 bits per heavy atom. The minimum absolute atomic E-state index is 0. The summed E-state index contributed by atoms with van der Waals surface area (Å²) in [4.78, 5) is 10.9. The number of hydrogen-bond donors (Lipinski definition) is 0. The molecule has 0 aliphatic heterocycles. The SMILES string of the molecule is C.COC(=O)c1cn(C)nc1C(F)F. The molecule has 1 rings (SSSR count). The number of halogens is 2. The maximum atomic E-state index is 12.3. The van der Waals surface area contributed by atoms with Crippen LogP contribution in [0.25, 0.3) is 0 Å². The maximum absolute atomic E-state index is 12.3. The first-order valence-corrected chi connectivity index (χ1v) is 3.46. The van der Waals surface area contributed by atoms with Crippen LogP contribution in [0.1, 0.15) is 29.9 Å². The van der Waals surface area contributed by atoms with Crippen molar-refractivity contribution in [3.8, 4) is 0 Å². The van der Waals surface area contributed by atoms with Crippen LogP contribution in [0.4, 0.5) is 8.78 Å². The Morgan fingerprint density at radius 1 is 1.64 bits per heavy atom. The number of nitrogens with zero attached hydrogens (tertiary/aromatic N) is 2. The molecule has 0 spiro atoms. The van der Waals surface area contributed by atoms with E-state index in [1.54, 1.807) is 0 Å². The first-order chi connectivity index (χ1) is 6.06. The van der Waals surface area contributed by atoms with Gasteiger partial charge in [-0.2, -0.15) is 5.10 Å². The second-order valence-electron chi connectivity index (χ2n) is 2.39. The van der Waals surface area contributed by atoms with Gasteiger partial charge < -0.3 is 4.74 Å². The van der Waals surface area contributed by atoms with Crippen LogP contribution in [0, 0.1) is 0 Å². The number of aryl methyl sites for hydroxylation is 1. The molecule has 0 saturated heterocycles. The van der Waals surface area contributed by atoms with Crippen molar-refractivity contribution in [2.45, 2.75) is 13.9 Å². The lowest BCUT2D eigenvalue weighted by Gasteiger charge is -1.97. The molecule has 14 heavy (non-hydrogen) atoms. The van der Waals surface area contributed by atoms with Gasteiger partial charge in [-0.25, -0.2) is 13.6 Å². The predicted octanol–water partition coefficient (Wildman–Crippen LogP) is 1.78. The number of hydrogen-bond acceptors (Lipinski definition) is 3. The van der Waals surface area contributed by atoms with Gasteiger partial charge in [-0.05, 0) is 0 Å². The van der Waals surface area contributed by atoms with E-state index in [4.69, 9.17) is 0 Å². The number of methoxy groups -OCH3 is 1. The molecule has 80 valence electrons. The fourth-order valence-corrected chi connectivity index (χ4v) is 0.934. The van der Waals surface area contributed by atoms with Gasteiger partial charge in [-0.1, -0.05) is 7.43 Å². The van der Waals surface area contributed by atoms with Crippen LogP contribution in [0.15, 0.2) is 6.20 Å². The maximum Gasteiger partial charge on any atom is 0.341 e. The first-order valence-electron chi connectivity index (χ1n) is 3.46. The highest BCUT2D eigenvalue weighted by Crippen LogP contribution is 2.21. The van der Waals surface area contributed by atoms with Gasteiger partial charge in [0.25, 0.3) is 6.43 Å². The predicted molar refractivity (Wildman–Crippen MR) is 46.2 cm³/mol. The third-order valence-electron chi connectivity index (χ3n) is 1.47. The summed E-state index contributed by atoms with van der Waals surface area (Å²) in [7, 11) is 2.59. The molecule has 1 aromatic heterocycles. The van der Waals surface area contributed by atoms with Crippen molar-refractivity contribution in [3.63, 3.8) is 0 Å². The summed E-state index contributed by atoms with van der Waals surface area (Å²) in [6.45, 7) is 0. The molecule has 0 fully saturated rings. The van der Waals surface area contributed by atoms with Crippen LogP contribution in [0.2, 0.25) is 0 Å². The van der Waals surface area contributed by atoms with Gasteiger partial charge in [0.1, 0.15) is 11.3 Å². The lowest BCUT2D eigenvalue weighted by molar-refractivity contribution is 0.0589. The Hall–Kier alpha value is -1.46. The largest absolute Gasteiger partial charge is 0.465 e. The van der Waals surface area contributed by atoms with Gasteiger partial charge in [0.05, 0.1) is 7.11 Å². The van der Waals surface area contributed by atoms with Crippen LogP contribution in [-0.2, 0) is 11.8 Å². The molecular formula is C8H12F2N2O2. The van der Waals surface area contributed by atoms with E-state index in [0.29, 0.717) is 0 Å². The zero-order valence-electron chi connectivity index (χ0n) is 7.12. The molecule has 1 aromatic rings. The smallest absolute Gasteiger partial charge is 0.341 e. The molecule has 0 N–H and O–H groups in total. The molecule has 0 unspecified atom stereocenters. The van der Waals surface area contributed by atoms with Crippen molar-refractivity contribution >= 4 is 5.97 Å². The third kappa shape index (κ3) is 2.27. The molecule has 6 heteroatoms. The Labute approximate surface area is 80.5 Å². The molecule has 0 saturated carbocycles. The van der Waals surface area contributed by atoms with Gasteiger partial charge in [0, 0.05) is 13.2 Å². The summed E-state index contributed by atoms with van der Waals surface area (Å²) < 4.78 is 30.0. The Balaban J connectivity index is 0.00000169. The van der Waals surface area contributed by atoms with Crippen molar-refractivity contribution in [3.05, 3.63) is 17.5 Å². The molecule has 0 amide bonds. The van der Waals surface area contributed by atoms with Crippen molar-refractivity contribution in [1.29, 1.82) is 0 Å². The average molecular weight is 206 g/mol. The lowest BCUT2D eigenvalue weighted by atomic mass is 10.2. The highest BCUT2D eigenvalue weighted by Gasteiger charge is 2.22. The van der Waals surface area contributed by atoms with Crippen molar-refractivity contribution < 1.29 is 18.3 Å². The number of carbonyl (C=O) groups is 1. The monoisotopic (exact) mass is 206 g/mol. The van der Waals surface area contributed by atoms with E-state index >= 15 is 0 Å². The fraction of sp³-hybridized carbons (Fsp3) is 0.500. The number of esters is 1. The zero-order valence-corrected chi connectivity index (χ0v) is 7.12. The number of rotatable bonds is 2. The highest BCUT2D eigenvalue weighted by atomic mass is 19.3. The Kier molecular flexibility index (Phi) is 4.20. The van der Waals surface area contributed by atoms with Gasteiger partial charge >= 0.3 is 5.97 Å². The summed E-state index contributed by atoms with van der Waals surface area (Å²) >= 11 is 0. The molecule has 0 atom stereocenters. The van der Waals surface area contributed by atoms with Crippen LogP contribution in [-0.4, -0.2) is 22.9 Å². The number of ether oxygens (including phenoxy) is 1. The molecule has 4 nitrogen and oxygen atoms in total. The topological polar surface area (TPSA) is 44.1 Å². The van der Waals surface area contributed by atoms with Gasteiger partial charge in [0.2, 0.25) is 0 Å². The van der Waals surface area contributed by atoms with E-state index in [9.17, 15) is 13.6 Å². The summed E-state index contributed by atoms with van der Waals surface area (Å²) in [5.74, 6) is -0.802. The second kappa shape index (κ2) is 4.69. The second-order valence-corrected chi connectivity index (χ2v) is 2.39. The molecular weight excluding hydrogens is 194 g/mol. The Morgan fingerprint density at radius 2 is 2.21 bits per heavy atom. The van der Waals surface area contributed by atoms with E-state index in [2.05, 4.69) is 9.84 Å². The van der Waals surface area contributed by atoms with E-state index in [1.165, 1.54) is 13.2 Å². The fourth-order valence-electron chi connectivity index (χ4n) is 0.934. The van der Waals surface area contributed by atoms with Crippen LogP contribution >= 0.6 is 0 Å². The van der Waals surface area contributed by atoms with Crippen LogP contribution < -0.4 is 0 Å². The molecule has 0 radical (unpaired) electrons. The molecule has 0 aliphatic rings. The standard InChI is InChI=1S/C7H8F2N2O2.CH4/c1-11-3-4(7(12)13-2)5(10-11)6(8)9;/h3,6H,1-2H3;1H4. The number of alkyl halides is 2. The summed E-state index contributed by atoms with van der Waals surface area (Å²) in [6.07, 6.45) is -1.57. The molecule has 0 aromatic carbocycles. The minimum Gasteiger partial charge on any atom is -0.465 e. The Bertz CT molecular complexity index is 323. The molecule has 0 aliphatic carbocycles. The van der Waals surface area contributed by atoms with E-state index in [1.807, 2.05) is 0 Å². The zero-order chi connectivity index (χ0) is 10.0. The first kappa shape index (κ1) is 12.5. The lowest BCUT2D eigenvalue weighted by Crippen LogP contribution is -2.03. The van der Waals surface area contributed by atoms with Gasteiger partial charge in [0.15, 0.2) is 0 Å². The normalized spacial score (nSPS) is 9.79. The van der Waals surface area contributed by atoms with E-state index < -0.39 is 18.1 Å². The highest BCUT2D eigenvalue weighted by molar-refractivity contribution is 5.90. The van der Waals surface area contributed by atoms with E-state index in [0.717, 1.165) is 11.8 Å². The number of aromatic nitrogens is 2. The third-order valence-corrected chi connectivity index (χ3v) is 1.47. The summed E-state index contributed by atoms with van der Waals surface area (Å²) in [5.41, 5.74) is -0.741. The van der Waals surface area contributed by atoms with Crippen molar-refractivity contribution in [1.82, 2.24) is 9.78 Å². The van der Waals surface area contributed by atoms with Gasteiger partial charge in [-0.15, -0.1) is 0 Å².